The van der Waals surface area contributed by atoms with E-state index in [1.165, 1.54) is 24.8 Å². The van der Waals surface area contributed by atoms with Crippen LogP contribution < -0.4 is 5.73 Å². The topological polar surface area (TPSA) is 26.0 Å². The van der Waals surface area contributed by atoms with Crippen molar-refractivity contribution in [2.75, 3.05) is 0 Å². The van der Waals surface area contributed by atoms with Crippen molar-refractivity contribution >= 4 is 0 Å². The van der Waals surface area contributed by atoms with Gasteiger partial charge in [-0.2, -0.15) is 0 Å². The van der Waals surface area contributed by atoms with Crippen LogP contribution in [0.5, 0.6) is 0 Å². The largest absolute Gasteiger partial charge is 0.327 e. The van der Waals surface area contributed by atoms with E-state index in [1.807, 2.05) is 0 Å². The van der Waals surface area contributed by atoms with Crippen LogP contribution in [0.2, 0.25) is 0 Å². The van der Waals surface area contributed by atoms with Gasteiger partial charge < -0.3 is 5.73 Å². The smallest absolute Gasteiger partial charge is 0.0108 e. The second-order valence-corrected chi connectivity index (χ2v) is 6.03. The van der Waals surface area contributed by atoms with E-state index in [4.69, 9.17) is 5.73 Å². The van der Waals surface area contributed by atoms with Gasteiger partial charge >= 0.3 is 0 Å². The van der Waals surface area contributed by atoms with Crippen molar-refractivity contribution in [1.29, 1.82) is 0 Å². The highest BCUT2D eigenvalue weighted by Crippen LogP contribution is 2.34. The van der Waals surface area contributed by atoms with E-state index in [9.17, 15) is 0 Å². The molecule has 1 saturated carbocycles. The van der Waals surface area contributed by atoms with E-state index in [-0.39, 0.29) is 0 Å². The van der Waals surface area contributed by atoms with Gasteiger partial charge in [0.15, 0.2) is 0 Å². The van der Waals surface area contributed by atoms with Crippen LogP contribution in [0.1, 0.15) is 38.7 Å². The van der Waals surface area contributed by atoms with Gasteiger partial charge in [-0.3, -0.25) is 0 Å². The molecule has 1 heteroatoms. The molecule has 3 unspecified atom stereocenters. The molecule has 0 aromatic heterocycles. The standard InChI is InChI=1S/C16H25N/c1-12-8-13(2)10-15(9-12)16(17)11-14-6-4-3-5-7-14/h3-7,12-13,15-16H,8-11,17H2,1-2H3. The van der Waals surface area contributed by atoms with Crippen molar-refractivity contribution in [2.24, 2.45) is 23.5 Å². The van der Waals surface area contributed by atoms with E-state index < -0.39 is 0 Å². The summed E-state index contributed by atoms with van der Waals surface area (Å²) in [4.78, 5) is 0. The molecule has 17 heavy (non-hydrogen) atoms. The predicted octanol–water partition coefficient (Wildman–Crippen LogP) is 3.63. The highest BCUT2D eigenvalue weighted by molar-refractivity contribution is 5.16. The highest BCUT2D eigenvalue weighted by Gasteiger charge is 2.27. The SMILES string of the molecule is CC1CC(C)CC(C(N)Cc2ccccc2)C1. The molecular formula is C16H25N. The van der Waals surface area contributed by atoms with E-state index >= 15 is 0 Å². The first kappa shape index (κ1) is 12.6. The van der Waals surface area contributed by atoms with Crippen molar-refractivity contribution in [1.82, 2.24) is 0 Å². The molecule has 0 radical (unpaired) electrons. The summed E-state index contributed by atoms with van der Waals surface area (Å²) in [5.41, 5.74) is 7.79. The normalized spacial score (nSPS) is 31.1. The van der Waals surface area contributed by atoms with E-state index in [2.05, 4.69) is 44.2 Å². The van der Waals surface area contributed by atoms with E-state index in [0.29, 0.717) is 12.0 Å². The molecule has 94 valence electrons. The number of hydrogen-bond donors (Lipinski definition) is 1. The lowest BCUT2D eigenvalue weighted by molar-refractivity contribution is 0.192. The summed E-state index contributed by atoms with van der Waals surface area (Å²) in [6.45, 7) is 4.75. The molecule has 2 rings (SSSR count). The first-order valence-electron chi connectivity index (χ1n) is 6.94. The van der Waals surface area contributed by atoms with Gasteiger partial charge in [-0.15, -0.1) is 0 Å². The minimum atomic E-state index is 0.336. The van der Waals surface area contributed by atoms with Crippen molar-refractivity contribution in [3.63, 3.8) is 0 Å². The van der Waals surface area contributed by atoms with Gasteiger partial charge in [0.05, 0.1) is 0 Å². The minimum Gasteiger partial charge on any atom is -0.327 e. The van der Waals surface area contributed by atoms with Crippen LogP contribution in [0.3, 0.4) is 0 Å². The van der Waals surface area contributed by atoms with Crippen molar-refractivity contribution in [3.8, 4) is 0 Å². The zero-order valence-corrected chi connectivity index (χ0v) is 11.1. The number of hydrogen-bond acceptors (Lipinski definition) is 1. The number of rotatable bonds is 3. The molecule has 0 aliphatic heterocycles. The molecule has 1 aliphatic carbocycles. The Morgan fingerprint density at radius 1 is 1.06 bits per heavy atom. The second-order valence-electron chi connectivity index (χ2n) is 6.03. The monoisotopic (exact) mass is 231 g/mol. The number of benzene rings is 1. The first-order chi connectivity index (χ1) is 8.15. The molecule has 0 amide bonds. The van der Waals surface area contributed by atoms with Crippen molar-refractivity contribution in [3.05, 3.63) is 35.9 Å². The summed E-state index contributed by atoms with van der Waals surface area (Å²) in [6.07, 6.45) is 5.05. The molecule has 0 spiro atoms. The lowest BCUT2D eigenvalue weighted by atomic mass is 9.73. The lowest BCUT2D eigenvalue weighted by Crippen LogP contribution is -2.37. The average Bonchev–Trinajstić information content (AvgIpc) is 2.29. The zero-order valence-electron chi connectivity index (χ0n) is 11.1. The van der Waals surface area contributed by atoms with Gasteiger partial charge in [0.2, 0.25) is 0 Å². The third-order valence-corrected chi connectivity index (χ3v) is 4.13. The maximum atomic E-state index is 6.40. The second kappa shape index (κ2) is 5.68. The van der Waals surface area contributed by atoms with Gasteiger partial charge in [-0.05, 0) is 49.0 Å². The fourth-order valence-corrected chi connectivity index (χ4v) is 3.41. The Bertz CT molecular complexity index is 323. The van der Waals surface area contributed by atoms with Crippen LogP contribution >= 0.6 is 0 Å². The summed E-state index contributed by atoms with van der Waals surface area (Å²) < 4.78 is 0. The summed E-state index contributed by atoms with van der Waals surface area (Å²) in [6, 6.07) is 11.0. The molecule has 1 aliphatic rings. The molecule has 0 bridgehead atoms. The Balaban J connectivity index is 1.93. The Morgan fingerprint density at radius 2 is 1.65 bits per heavy atom. The van der Waals surface area contributed by atoms with Crippen molar-refractivity contribution in [2.45, 2.75) is 45.6 Å². The van der Waals surface area contributed by atoms with Crippen LogP contribution in [0.15, 0.2) is 30.3 Å². The molecule has 1 aromatic carbocycles. The molecular weight excluding hydrogens is 206 g/mol. The highest BCUT2D eigenvalue weighted by atomic mass is 14.7. The van der Waals surface area contributed by atoms with Gasteiger partial charge in [-0.25, -0.2) is 0 Å². The van der Waals surface area contributed by atoms with Crippen LogP contribution in [0.4, 0.5) is 0 Å². The maximum Gasteiger partial charge on any atom is 0.0108 e. The molecule has 1 aromatic rings. The van der Waals surface area contributed by atoms with Crippen LogP contribution in [-0.4, -0.2) is 6.04 Å². The van der Waals surface area contributed by atoms with Gasteiger partial charge in [0, 0.05) is 6.04 Å². The molecule has 0 heterocycles. The average molecular weight is 231 g/mol. The van der Waals surface area contributed by atoms with E-state index in [1.54, 1.807) is 0 Å². The molecule has 1 fully saturated rings. The van der Waals surface area contributed by atoms with Crippen molar-refractivity contribution < 1.29 is 0 Å². The molecule has 1 nitrogen and oxygen atoms in total. The predicted molar refractivity (Wildman–Crippen MR) is 73.8 cm³/mol. The third kappa shape index (κ3) is 3.57. The molecule has 0 saturated heterocycles. The van der Waals surface area contributed by atoms with Gasteiger partial charge in [-0.1, -0.05) is 44.2 Å². The van der Waals surface area contributed by atoms with Gasteiger partial charge in [0.25, 0.3) is 0 Å². The van der Waals surface area contributed by atoms with Crippen LogP contribution in [0.25, 0.3) is 0 Å². The Labute approximate surface area is 105 Å². The lowest BCUT2D eigenvalue weighted by Gasteiger charge is -2.35. The Hall–Kier alpha value is -0.820. The third-order valence-electron chi connectivity index (χ3n) is 4.13. The Kier molecular flexibility index (Phi) is 4.22. The fraction of sp³-hybridized carbons (Fsp3) is 0.625. The van der Waals surface area contributed by atoms with E-state index in [0.717, 1.165) is 18.3 Å². The molecule has 3 atom stereocenters. The first-order valence-corrected chi connectivity index (χ1v) is 6.94. The maximum absolute atomic E-state index is 6.40. The fourth-order valence-electron chi connectivity index (χ4n) is 3.41. The quantitative estimate of drug-likeness (QED) is 0.844. The minimum absolute atomic E-state index is 0.336. The summed E-state index contributed by atoms with van der Waals surface area (Å²) in [5, 5.41) is 0. The van der Waals surface area contributed by atoms with Crippen LogP contribution in [0, 0.1) is 17.8 Å². The van der Waals surface area contributed by atoms with Crippen LogP contribution in [-0.2, 0) is 6.42 Å². The van der Waals surface area contributed by atoms with Gasteiger partial charge in [0.1, 0.15) is 0 Å². The Morgan fingerprint density at radius 3 is 2.24 bits per heavy atom. The summed E-state index contributed by atoms with van der Waals surface area (Å²) >= 11 is 0. The summed E-state index contributed by atoms with van der Waals surface area (Å²) in [5.74, 6) is 2.42. The number of nitrogens with two attached hydrogens (primary N) is 1. The summed E-state index contributed by atoms with van der Waals surface area (Å²) in [7, 11) is 0. The zero-order chi connectivity index (χ0) is 12.3. The molecule has 2 N–H and O–H groups in total.